The number of carbonyl (C=O) groups excluding carboxylic acids is 1. The van der Waals surface area contributed by atoms with Crippen LogP contribution in [-0.2, 0) is 17.8 Å². The first kappa shape index (κ1) is 18.4. The molecule has 2 aromatic heterocycles. The molecule has 28 heavy (non-hydrogen) atoms. The van der Waals surface area contributed by atoms with Crippen LogP contribution < -0.4 is 0 Å². The Morgan fingerprint density at radius 2 is 2.07 bits per heavy atom. The van der Waals surface area contributed by atoms with Crippen LogP contribution in [0.1, 0.15) is 48.1 Å². The quantitative estimate of drug-likeness (QED) is 0.675. The van der Waals surface area contributed by atoms with Crippen LogP contribution in [0.2, 0.25) is 0 Å². The maximum absolute atomic E-state index is 13.1. The summed E-state index contributed by atoms with van der Waals surface area (Å²) in [5.74, 6) is 1.04. The van der Waals surface area contributed by atoms with Crippen molar-refractivity contribution in [1.29, 1.82) is 0 Å². The number of oxazole rings is 1. The number of amides is 1. The molecular formula is C21H23FN4O2. The molecule has 146 valence electrons. The number of piperidine rings is 1. The van der Waals surface area contributed by atoms with Gasteiger partial charge in [0.2, 0.25) is 11.8 Å². The van der Waals surface area contributed by atoms with Gasteiger partial charge in [0.15, 0.2) is 0 Å². The lowest BCUT2D eigenvalue weighted by Gasteiger charge is -2.33. The van der Waals surface area contributed by atoms with Crippen LogP contribution in [0.15, 0.2) is 47.3 Å². The van der Waals surface area contributed by atoms with E-state index in [2.05, 4.69) is 10.1 Å². The Morgan fingerprint density at radius 3 is 2.82 bits per heavy atom. The summed E-state index contributed by atoms with van der Waals surface area (Å²) in [4.78, 5) is 19.1. The van der Waals surface area contributed by atoms with Crippen molar-refractivity contribution in [2.45, 2.75) is 45.2 Å². The maximum atomic E-state index is 13.1. The highest BCUT2D eigenvalue weighted by molar-refractivity contribution is 5.76. The van der Waals surface area contributed by atoms with Gasteiger partial charge in [-0.1, -0.05) is 12.1 Å². The van der Waals surface area contributed by atoms with E-state index in [1.807, 2.05) is 18.0 Å². The molecule has 1 amide bonds. The summed E-state index contributed by atoms with van der Waals surface area (Å²) in [5.41, 5.74) is 1.98. The Labute approximate surface area is 163 Å². The van der Waals surface area contributed by atoms with Crippen molar-refractivity contribution in [1.82, 2.24) is 19.7 Å². The third-order valence-corrected chi connectivity index (χ3v) is 5.03. The Kier molecular flexibility index (Phi) is 5.23. The number of aryl methyl sites for hydroxylation is 1. The third kappa shape index (κ3) is 4.13. The molecule has 6 nitrogen and oxygen atoms in total. The summed E-state index contributed by atoms with van der Waals surface area (Å²) in [6.07, 6.45) is 8.70. The Bertz CT molecular complexity index is 947. The average molecular weight is 382 g/mol. The van der Waals surface area contributed by atoms with E-state index in [1.54, 1.807) is 29.2 Å². The highest BCUT2D eigenvalue weighted by atomic mass is 19.1. The molecule has 7 heteroatoms. The smallest absolute Gasteiger partial charge is 0.244 e. The normalized spacial score (nSPS) is 17.1. The second kappa shape index (κ2) is 7.96. The van der Waals surface area contributed by atoms with E-state index in [0.717, 1.165) is 30.4 Å². The predicted molar refractivity (Wildman–Crippen MR) is 101 cm³/mol. The first-order valence-electron chi connectivity index (χ1n) is 9.56. The van der Waals surface area contributed by atoms with E-state index in [-0.39, 0.29) is 24.3 Å². The van der Waals surface area contributed by atoms with E-state index in [1.165, 1.54) is 12.1 Å². The largest absolute Gasteiger partial charge is 0.443 e. The van der Waals surface area contributed by atoms with Gasteiger partial charge in [0.25, 0.3) is 0 Å². The number of likely N-dealkylation sites (tertiary alicyclic amines) is 1. The summed E-state index contributed by atoms with van der Waals surface area (Å²) in [5, 5.41) is 4.21. The molecule has 1 aliphatic heterocycles. The number of halogens is 1. The Morgan fingerprint density at radius 1 is 1.25 bits per heavy atom. The molecule has 4 rings (SSSR count). The fraction of sp³-hybridized carbons (Fsp3) is 0.381. The summed E-state index contributed by atoms with van der Waals surface area (Å²) in [7, 11) is 0. The molecule has 0 saturated carbocycles. The Hall–Kier alpha value is -2.96. The highest BCUT2D eigenvalue weighted by Gasteiger charge is 2.31. The maximum Gasteiger partial charge on any atom is 0.244 e. The van der Waals surface area contributed by atoms with Crippen LogP contribution >= 0.6 is 0 Å². The number of hydrogen-bond acceptors (Lipinski definition) is 4. The van der Waals surface area contributed by atoms with E-state index in [0.29, 0.717) is 24.6 Å². The van der Waals surface area contributed by atoms with Crippen LogP contribution in [0.4, 0.5) is 4.39 Å². The third-order valence-electron chi connectivity index (χ3n) is 5.03. The minimum atomic E-state index is -0.259. The molecule has 0 radical (unpaired) electrons. The fourth-order valence-electron chi connectivity index (χ4n) is 3.63. The van der Waals surface area contributed by atoms with Crippen molar-refractivity contribution in [3.05, 3.63) is 71.5 Å². The van der Waals surface area contributed by atoms with Gasteiger partial charge < -0.3 is 9.32 Å². The Balaban J connectivity index is 1.47. The summed E-state index contributed by atoms with van der Waals surface area (Å²) < 4.78 is 20.7. The number of carbonyl (C=O) groups is 1. The first-order valence-corrected chi connectivity index (χ1v) is 9.56. The van der Waals surface area contributed by atoms with Gasteiger partial charge in [0, 0.05) is 19.2 Å². The van der Waals surface area contributed by atoms with Crippen LogP contribution in [0.5, 0.6) is 0 Å². The molecule has 1 atom stereocenters. The molecule has 0 bridgehead atoms. The first-order chi connectivity index (χ1) is 13.6. The number of hydrogen-bond donors (Lipinski definition) is 0. The van der Waals surface area contributed by atoms with Gasteiger partial charge in [0.05, 0.1) is 12.4 Å². The number of nitrogens with zero attached hydrogens (tertiary/aromatic N) is 4. The SMILES string of the molecule is Cc1cnn(CC(=O)N2CCCC[C@@H]2c2ncc(Cc3ccc(F)cc3)o2)c1. The average Bonchev–Trinajstić information content (AvgIpc) is 3.32. The molecule has 0 aliphatic carbocycles. The molecule has 3 heterocycles. The van der Waals surface area contributed by atoms with E-state index < -0.39 is 0 Å². The van der Waals surface area contributed by atoms with Gasteiger partial charge in [0.1, 0.15) is 24.2 Å². The molecular weight excluding hydrogens is 359 g/mol. The van der Waals surface area contributed by atoms with Gasteiger partial charge in [-0.3, -0.25) is 9.48 Å². The zero-order valence-electron chi connectivity index (χ0n) is 15.8. The topological polar surface area (TPSA) is 64.2 Å². The summed E-state index contributed by atoms with van der Waals surface area (Å²) in [6.45, 7) is 2.86. The molecule has 3 aromatic rings. The summed E-state index contributed by atoms with van der Waals surface area (Å²) in [6, 6.07) is 6.19. The van der Waals surface area contributed by atoms with Crippen molar-refractivity contribution in [2.24, 2.45) is 0 Å². The minimum absolute atomic E-state index is 0.0195. The van der Waals surface area contributed by atoms with Crippen LogP contribution in [0.3, 0.4) is 0 Å². The van der Waals surface area contributed by atoms with E-state index in [9.17, 15) is 9.18 Å². The summed E-state index contributed by atoms with van der Waals surface area (Å²) >= 11 is 0. The molecule has 0 unspecified atom stereocenters. The van der Waals surface area contributed by atoms with Gasteiger partial charge in [-0.25, -0.2) is 9.37 Å². The zero-order chi connectivity index (χ0) is 19.5. The fourth-order valence-corrected chi connectivity index (χ4v) is 3.63. The predicted octanol–water partition coefficient (Wildman–Crippen LogP) is 3.66. The molecule has 1 aliphatic rings. The number of aromatic nitrogens is 3. The van der Waals surface area contributed by atoms with E-state index >= 15 is 0 Å². The van der Waals surface area contributed by atoms with Crippen LogP contribution in [0.25, 0.3) is 0 Å². The van der Waals surface area contributed by atoms with Crippen molar-refractivity contribution in [3.8, 4) is 0 Å². The van der Waals surface area contributed by atoms with Gasteiger partial charge in [-0.15, -0.1) is 0 Å². The van der Waals surface area contributed by atoms with Crippen molar-refractivity contribution in [2.75, 3.05) is 6.54 Å². The molecule has 1 aromatic carbocycles. The van der Waals surface area contributed by atoms with Crippen molar-refractivity contribution >= 4 is 5.91 Å². The number of rotatable bonds is 5. The molecule has 0 spiro atoms. The lowest BCUT2D eigenvalue weighted by molar-refractivity contribution is -0.136. The van der Waals surface area contributed by atoms with Gasteiger partial charge in [-0.2, -0.15) is 5.10 Å². The lowest BCUT2D eigenvalue weighted by Crippen LogP contribution is -2.40. The second-order valence-electron chi connectivity index (χ2n) is 7.28. The van der Waals surface area contributed by atoms with Crippen LogP contribution in [0, 0.1) is 12.7 Å². The lowest BCUT2D eigenvalue weighted by atomic mass is 10.0. The van der Waals surface area contributed by atoms with Crippen LogP contribution in [-0.4, -0.2) is 32.1 Å². The zero-order valence-corrected chi connectivity index (χ0v) is 15.8. The minimum Gasteiger partial charge on any atom is -0.443 e. The monoisotopic (exact) mass is 382 g/mol. The van der Waals surface area contributed by atoms with Gasteiger partial charge >= 0.3 is 0 Å². The van der Waals surface area contributed by atoms with Crippen molar-refractivity contribution < 1.29 is 13.6 Å². The molecule has 1 saturated heterocycles. The molecule has 1 fully saturated rings. The van der Waals surface area contributed by atoms with Gasteiger partial charge in [-0.05, 0) is 49.4 Å². The van der Waals surface area contributed by atoms with Crippen molar-refractivity contribution in [3.63, 3.8) is 0 Å². The highest BCUT2D eigenvalue weighted by Crippen LogP contribution is 2.31. The number of benzene rings is 1. The second-order valence-corrected chi connectivity index (χ2v) is 7.28. The molecule has 0 N–H and O–H groups in total. The standard InChI is InChI=1S/C21H23FN4O2/c1-15-11-24-25(13-15)14-20(27)26-9-3-2-4-19(26)21-23-12-18(28-21)10-16-5-7-17(22)8-6-16/h5-8,11-13,19H,2-4,9-10,14H2,1H3/t19-/m1/s1. The van der Waals surface area contributed by atoms with E-state index in [4.69, 9.17) is 4.42 Å².